The van der Waals surface area contributed by atoms with Crippen LogP contribution in [0.5, 0.6) is 0 Å². The van der Waals surface area contributed by atoms with Crippen LogP contribution in [0.1, 0.15) is 36.6 Å². The zero-order valence-corrected chi connectivity index (χ0v) is 15.0. The van der Waals surface area contributed by atoms with Gasteiger partial charge in [-0.2, -0.15) is 5.10 Å². The lowest BCUT2D eigenvalue weighted by molar-refractivity contribution is 0.140. The Labute approximate surface area is 148 Å². The summed E-state index contributed by atoms with van der Waals surface area (Å²) >= 11 is 0. The predicted octanol–water partition coefficient (Wildman–Crippen LogP) is 2.38. The standard InChI is InChI=1S/C18H27N5O2/c1-21(13-15-11-20-22(2)14-15)18(24)19-12-16(17-7-6-10-25-17)23-8-4-3-5-9-23/h6-7,10-11,14,16H,3-5,8-9,12-13H2,1-2H3,(H,19,24)/t16-/m0/s1. The van der Waals surface area contributed by atoms with Crippen molar-refractivity contribution in [2.24, 2.45) is 7.05 Å². The van der Waals surface area contributed by atoms with Gasteiger partial charge in [0.05, 0.1) is 25.0 Å². The number of nitrogens with zero attached hydrogens (tertiary/aromatic N) is 4. The van der Waals surface area contributed by atoms with E-state index >= 15 is 0 Å². The summed E-state index contributed by atoms with van der Waals surface area (Å²) in [4.78, 5) is 16.5. The molecule has 2 amide bonds. The van der Waals surface area contributed by atoms with Crippen molar-refractivity contribution in [1.82, 2.24) is 24.9 Å². The van der Waals surface area contributed by atoms with Gasteiger partial charge < -0.3 is 14.6 Å². The lowest BCUT2D eigenvalue weighted by Crippen LogP contribution is -2.44. The Hall–Kier alpha value is -2.28. The van der Waals surface area contributed by atoms with Crippen LogP contribution < -0.4 is 5.32 Å². The first kappa shape index (κ1) is 17.5. The Kier molecular flexibility index (Phi) is 5.75. The van der Waals surface area contributed by atoms with Crippen LogP contribution in [-0.2, 0) is 13.6 Å². The molecule has 1 saturated heterocycles. The average molecular weight is 345 g/mol. The Balaban J connectivity index is 1.57. The molecule has 3 rings (SSSR count). The first-order valence-corrected chi connectivity index (χ1v) is 8.87. The molecular weight excluding hydrogens is 318 g/mol. The highest BCUT2D eigenvalue weighted by atomic mass is 16.3. The van der Waals surface area contributed by atoms with Crippen molar-refractivity contribution in [3.8, 4) is 0 Å². The van der Waals surface area contributed by atoms with Crippen LogP contribution in [0.3, 0.4) is 0 Å². The zero-order chi connectivity index (χ0) is 17.6. The van der Waals surface area contributed by atoms with E-state index in [1.54, 1.807) is 29.1 Å². The quantitative estimate of drug-likeness (QED) is 0.873. The molecule has 1 fully saturated rings. The molecule has 1 aliphatic heterocycles. The summed E-state index contributed by atoms with van der Waals surface area (Å²) in [5, 5.41) is 7.19. The predicted molar refractivity (Wildman–Crippen MR) is 94.9 cm³/mol. The highest BCUT2D eigenvalue weighted by Gasteiger charge is 2.25. The number of piperidine rings is 1. The van der Waals surface area contributed by atoms with Crippen molar-refractivity contribution >= 4 is 6.03 Å². The number of carbonyl (C=O) groups is 1. The fourth-order valence-electron chi connectivity index (χ4n) is 3.34. The molecule has 2 aromatic rings. The molecule has 0 radical (unpaired) electrons. The number of amides is 2. The molecule has 3 heterocycles. The van der Waals surface area contributed by atoms with Gasteiger partial charge in [-0.1, -0.05) is 6.42 Å². The maximum atomic E-state index is 12.4. The van der Waals surface area contributed by atoms with Crippen molar-refractivity contribution < 1.29 is 9.21 Å². The number of carbonyl (C=O) groups excluding carboxylic acids is 1. The van der Waals surface area contributed by atoms with E-state index in [0.717, 1.165) is 24.4 Å². The number of nitrogens with one attached hydrogen (secondary N) is 1. The number of furan rings is 1. The van der Waals surface area contributed by atoms with Gasteiger partial charge in [0.15, 0.2) is 0 Å². The topological polar surface area (TPSA) is 66.5 Å². The van der Waals surface area contributed by atoms with Gasteiger partial charge >= 0.3 is 6.03 Å². The van der Waals surface area contributed by atoms with E-state index < -0.39 is 0 Å². The number of hydrogen-bond donors (Lipinski definition) is 1. The number of rotatable bonds is 6. The van der Waals surface area contributed by atoms with E-state index in [2.05, 4.69) is 15.3 Å². The highest BCUT2D eigenvalue weighted by molar-refractivity contribution is 5.73. The molecule has 0 aromatic carbocycles. The molecule has 0 aliphatic carbocycles. The molecule has 7 heteroatoms. The second kappa shape index (κ2) is 8.20. The number of aryl methyl sites for hydroxylation is 1. The zero-order valence-electron chi connectivity index (χ0n) is 15.0. The molecule has 0 spiro atoms. The van der Waals surface area contributed by atoms with Gasteiger partial charge in [0, 0.05) is 32.4 Å². The maximum Gasteiger partial charge on any atom is 0.317 e. The van der Waals surface area contributed by atoms with Crippen molar-refractivity contribution in [3.05, 3.63) is 42.1 Å². The van der Waals surface area contributed by atoms with Gasteiger partial charge in [-0.3, -0.25) is 9.58 Å². The van der Waals surface area contributed by atoms with E-state index in [4.69, 9.17) is 4.42 Å². The van der Waals surface area contributed by atoms with Crippen LogP contribution in [0.4, 0.5) is 4.79 Å². The summed E-state index contributed by atoms with van der Waals surface area (Å²) in [6.07, 6.45) is 9.08. The smallest absolute Gasteiger partial charge is 0.317 e. The fraction of sp³-hybridized carbons (Fsp3) is 0.556. The number of likely N-dealkylation sites (tertiary alicyclic amines) is 1. The summed E-state index contributed by atoms with van der Waals surface area (Å²) in [7, 11) is 3.67. The van der Waals surface area contributed by atoms with Crippen molar-refractivity contribution in [3.63, 3.8) is 0 Å². The van der Waals surface area contributed by atoms with Gasteiger partial charge in [-0.25, -0.2) is 4.79 Å². The van der Waals surface area contributed by atoms with Crippen LogP contribution in [0.25, 0.3) is 0 Å². The van der Waals surface area contributed by atoms with Crippen LogP contribution in [0.15, 0.2) is 35.2 Å². The second-order valence-corrected chi connectivity index (χ2v) is 6.69. The van der Waals surface area contributed by atoms with E-state index in [9.17, 15) is 4.79 Å². The SMILES string of the molecule is CN(Cc1cnn(C)c1)C(=O)NC[C@@H](c1ccco1)N1CCCCC1. The van der Waals surface area contributed by atoms with Crippen LogP contribution in [-0.4, -0.2) is 52.3 Å². The Morgan fingerprint density at radius 1 is 1.40 bits per heavy atom. The maximum absolute atomic E-state index is 12.4. The van der Waals surface area contributed by atoms with Gasteiger partial charge in [0.25, 0.3) is 0 Å². The number of aromatic nitrogens is 2. The first-order valence-electron chi connectivity index (χ1n) is 8.87. The summed E-state index contributed by atoms with van der Waals surface area (Å²) in [6, 6.07) is 3.90. The van der Waals surface area contributed by atoms with Gasteiger partial charge in [-0.15, -0.1) is 0 Å². The minimum Gasteiger partial charge on any atom is -0.468 e. The Bertz CT molecular complexity index is 661. The molecule has 1 atom stereocenters. The van der Waals surface area contributed by atoms with E-state index in [0.29, 0.717) is 13.1 Å². The third-order valence-corrected chi connectivity index (χ3v) is 4.67. The minimum absolute atomic E-state index is 0.0857. The molecule has 7 nitrogen and oxygen atoms in total. The number of hydrogen-bond acceptors (Lipinski definition) is 4. The summed E-state index contributed by atoms with van der Waals surface area (Å²) in [5.74, 6) is 0.914. The normalized spacial score (nSPS) is 16.6. The lowest BCUT2D eigenvalue weighted by atomic mass is 10.1. The first-order chi connectivity index (χ1) is 12.1. The molecule has 25 heavy (non-hydrogen) atoms. The van der Waals surface area contributed by atoms with Crippen molar-refractivity contribution in [2.45, 2.75) is 31.8 Å². The minimum atomic E-state index is -0.0857. The molecule has 0 unspecified atom stereocenters. The monoisotopic (exact) mass is 345 g/mol. The molecule has 0 bridgehead atoms. The van der Waals surface area contributed by atoms with Crippen LogP contribution >= 0.6 is 0 Å². The summed E-state index contributed by atoms with van der Waals surface area (Å²) < 4.78 is 7.36. The fourth-order valence-corrected chi connectivity index (χ4v) is 3.34. The molecule has 0 saturated carbocycles. The third-order valence-electron chi connectivity index (χ3n) is 4.67. The molecule has 1 N–H and O–H groups in total. The molecule has 2 aromatic heterocycles. The highest BCUT2D eigenvalue weighted by Crippen LogP contribution is 2.24. The number of urea groups is 1. The van der Waals surface area contributed by atoms with Crippen molar-refractivity contribution in [2.75, 3.05) is 26.7 Å². The van der Waals surface area contributed by atoms with Crippen LogP contribution in [0.2, 0.25) is 0 Å². The van der Waals surface area contributed by atoms with E-state index in [1.165, 1.54) is 19.3 Å². The van der Waals surface area contributed by atoms with E-state index in [-0.39, 0.29) is 12.1 Å². The van der Waals surface area contributed by atoms with Gasteiger partial charge in [0.2, 0.25) is 0 Å². The lowest BCUT2D eigenvalue weighted by Gasteiger charge is -2.33. The third kappa shape index (κ3) is 4.63. The van der Waals surface area contributed by atoms with Gasteiger partial charge in [-0.05, 0) is 38.1 Å². The van der Waals surface area contributed by atoms with Crippen LogP contribution in [0, 0.1) is 0 Å². The summed E-state index contributed by atoms with van der Waals surface area (Å²) in [5.41, 5.74) is 1.01. The Morgan fingerprint density at radius 3 is 2.84 bits per heavy atom. The largest absolute Gasteiger partial charge is 0.468 e. The van der Waals surface area contributed by atoms with Gasteiger partial charge in [0.1, 0.15) is 5.76 Å². The Morgan fingerprint density at radius 2 is 2.20 bits per heavy atom. The van der Waals surface area contributed by atoms with E-state index in [1.807, 2.05) is 25.4 Å². The molecule has 1 aliphatic rings. The average Bonchev–Trinajstić information content (AvgIpc) is 3.28. The molecule has 136 valence electrons. The van der Waals surface area contributed by atoms with Crippen molar-refractivity contribution in [1.29, 1.82) is 0 Å². The second-order valence-electron chi connectivity index (χ2n) is 6.69. The molecular formula is C18H27N5O2. The summed E-state index contributed by atoms with van der Waals surface area (Å²) in [6.45, 7) is 3.18.